The summed E-state index contributed by atoms with van der Waals surface area (Å²) in [6.45, 7) is 0. The fraction of sp³-hybridized carbons (Fsp3) is 0.176. The molecule has 1 unspecified atom stereocenters. The Morgan fingerprint density at radius 2 is 1.96 bits per heavy atom. The summed E-state index contributed by atoms with van der Waals surface area (Å²) >= 11 is 3.46. The zero-order chi connectivity index (χ0) is 16.6. The van der Waals surface area contributed by atoms with Crippen LogP contribution in [0.2, 0.25) is 0 Å². The van der Waals surface area contributed by atoms with Gasteiger partial charge in [-0.2, -0.15) is 0 Å². The minimum Gasteiger partial charge on any atom is -0.496 e. The number of hydrogen-bond acceptors (Lipinski definition) is 4. The molecule has 2 N–H and O–H groups in total. The molecule has 0 saturated heterocycles. The highest BCUT2D eigenvalue weighted by Gasteiger charge is 2.51. The molecule has 0 aliphatic carbocycles. The first-order chi connectivity index (χ1) is 11.0. The van der Waals surface area contributed by atoms with Crippen LogP contribution >= 0.6 is 15.9 Å². The van der Waals surface area contributed by atoms with E-state index in [1.165, 1.54) is 4.90 Å². The molecule has 0 aromatic heterocycles. The van der Waals surface area contributed by atoms with Crippen molar-refractivity contribution in [3.05, 3.63) is 64.1 Å². The molecule has 5 nitrogen and oxygen atoms in total. The number of nitrogens with two attached hydrogens (primary N) is 1. The Morgan fingerprint density at radius 1 is 1.22 bits per heavy atom. The lowest BCUT2D eigenvalue weighted by Crippen LogP contribution is -2.41. The molecule has 0 bridgehead atoms. The Balaban J connectivity index is 2.35. The summed E-state index contributed by atoms with van der Waals surface area (Å²) in [5.74, 6) is 0.561. The number of aliphatic imine (C=N–C) groups is 1. The van der Waals surface area contributed by atoms with Crippen LogP contribution in [-0.4, -0.2) is 30.9 Å². The van der Waals surface area contributed by atoms with Crippen molar-refractivity contribution in [2.45, 2.75) is 5.54 Å². The molecule has 23 heavy (non-hydrogen) atoms. The molecule has 1 atom stereocenters. The Kier molecular flexibility index (Phi) is 3.85. The van der Waals surface area contributed by atoms with Crippen molar-refractivity contribution in [1.29, 1.82) is 0 Å². The largest absolute Gasteiger partial charge is 0.496 e. The molecular formula is C17H16BrN3O2. The summed E-state index contributed by atoms with van der Waals surface area (Å²) in [5.41, 5.74) is 6.11. The van der Waals surface area contributed by atoms with Crippen LogP contribution in [0.3, 0.4) is 0 Å². The lowest BCUT2D eigenvalue weighted by molar-refractivity contribution is -0.129. The van der Waals surface area contributed by atoms with Gasteiger partial charge in [0.25, 0.3) is 5.91 Å². The SMILES string of the molecule is COc1ccccc1C1(c2cccc(Br)c2)N=C(N)N(C)C1=O. The van der Waals surface area contributed by atoms with Crippen LogP contribution < -0.4 is 10.5 Å². The van der Waals surface area contributed by atoms with E-state index < -0.39 is 5.54 Å². The number of guanidine groups is 1. The van der Waals surface area contributed by atoms with Crippen molar-refractivity contribution in [3.63, 3.8) is 0 Å². The maximum atomic E-state index is 13.1. The zero-order valence-corrected chi connectivity index (χ0v) is 14.4. The summed E-state index contributed by atoms with van der Waals surface area (Å²) in [6, 6.07) is 14.9. The molecule has 0 saturated carbocycles. The normalized spacial score (nSPS) is 20.6. The van der Waals surface area contributed by atoms with Gasteiger partial charge in [0.1, 0.15) is 5.75 Å². The fourth-order valence-corrected chi connectivity index (χ4v) is 3.22. The van der Waals surface area contributed by atoms with E-state index in [0.29, 0.717) is 11.3 Å². The average Bonchev–Trinajstić information content (AvgIpc) is 2.80. The molecule has 2 aromatic carbocycles. The molecule has 3 rings (SSSR count). The lowest BCUT2D eigenvalue weighted by Gasteiger charge is -2.27. The van der Waals surface area contributed by atoms with E-state index in [4.69, 9.17) is 10.5 Å². The van der Waals surface area contributed by atoms with E-state index in [1.54, 1.807) is 14.2 Å². The first kappa shape index (κ1) is 15.6. The van der Waals surface area contributed by atoms with Gasteiger partial charge < -0.3 is 10.5 Å². The van der Waals surface area contributed by atoms with Crippen LogP contribution in [0.1, 0.15) is 11.1 Å². The van der Waals surface area contributed by atoms with E-state index in [-0.39, 0.29) is 11.9 Å². The van der Waals surface area contributed by atoms with Gasteiger partial charge in [-0.15, -0.1) is 0 Å². The Morgan fingerprint density at radius 3 is 2.57 bits per heavy atom. The number of nitrogens with zero attached hydrogens (tertiary/aromatic N) is 2. The highest BCUT2D eigenvalue weighted by Crippen LogP contribution is 2.43. The maximum absolute atomic E-state index is 13.1. The smallest absolute Gasteiger partial charge is 0.266 e. The monoisotopic (exact) mass is 373 g/mol. The van der Waals surface area contributed by atoms with Gasteiger partial charge in [0, 0.05) is 17.1 Å². The topological polar surface area (TPSA) is 67.9 Å². The minimum absolute atomic E-state index is 0.181. The molecule has 0 spiro atoms. The first-order valence-electron chi connectivity index (χ1n) is 7.03. The van der Waals surface area contributed by atoms with Gasteiger partial charge in [-0.3, -0.25) is 9.69 Å². The quantitative estimate of drug-likeness (QED) is 0.898. The summed E-state index contributed by atoms with van der Waals surface area (Å²) in [7, 11) is 3.19. The van der Waals surface area contributed by atoms with Gasteiger partial charge in [0.05, 0.1) is 7.11 Å². The van der Waals surface area contributed by atoms with Crippen molar-refractivity contribution < 1.29 is 9.53 Å². The van der Waals surface area contributed by atoms with E-state index in [9.17, 15) is 4.79 Å². The number of amides is 1. The third-order valence-electron chi connectivity index (χ3n) is 3.98. The molecule has 1 heterocycles. The molecule has 2 aromatic rings. The first-order valence-corrected chi connectivity index (χ1v) is 7.83. The molecule has 0 radical (unpaired) electrons. The fourth-order valence-electron chi connectivity index (χ4n) is 2.82. The number of carbonyl (C=O) groups is 1. The number of hydrogen-bond donors (Lipinski definition) is 1. The number of carbonyl (C=O) groups excluding carboxylic acids is 1. The number of rotatable bonds is 3. The second kappa shape index (κ2) is 5.70. The van der Waals surface area contributed by atoms with Crippen molar-refractivity contribution in [1.82, 2.24) is 4.90 Å². The highest BCUT2D eigenvalue weighted by molar-refractivity contribution is 9.10. The van der Waals surface area contributed by atoms with Crippen LogP contribution in [-0.2, 0) is 10.3 Å². The van der Waals surface area contributed by atoms with Crippen LogP contribution in [0.15, 0.2) is 58.0 Å². The van der Waals surface area contributed by atoms with Gasteiger partial charge in [0.2, 0.25) is 0 Å². The summed E-state index contributed by atoms with van der Waals surface area (Å²) in [5, 5.41) is 0. The Labute approximate surface area is 142 Å². The number of methoxy groups -OCH3 is 1. The maximum Gasteiger partial charge on any atom is 0.266 e. The second-order valence-corrected chi connectivity index (χ2v) is 6.17. The van der Waals surface area contributed by atoms with Gasteiger partial charge in [-0.1, -0.05) is 46.3 Å². The minimum atomic E-state index is -1.24. The molecule has 0 fully saturated rings. The van der Waals surface area contributed by atoms with Gasteiger partial charge >= 0.3 is 0 Å². The average molecular weight is 374 g/mol. The third kappa shape index (κ3) is 2.30. The van der Waals surface area contributed by atoms with Crippen LogP contribution in [0.25, 0.3) is 0 Å². The number of benzene rings is 2. The molecule has 1 aliphatic rings. The predicted molar refractivity (Wildman–Crippen MR) is 92.3 cm³/mol. The summed E-state index contributed by atoms with van der Waals surface area (Å²) < 4.78 is 6.32. The molecular weight excluding hydrogens is 358 g/mol. The van der Waals surface area contributed by atoms with Crippen molar-refractivity contribution in [2.24, 2.45) is 10.7 Å². The van der Waals surface area contributed by atoms with Gasteiger partial charge in [0.15, 0.2) is 11.5 Å². The van der Waals surface area contributed by atoms with Gasteiger partial charge in [-0.05, 0) is 23.8 Å². The number of para-hydroxylation sites is 1. The number of likely N-dealkylation sites (N-methyl/N-ethyl adjacent to an activating group) is 1. The van der Waals surface area contributed by atoms with E-state index in [2.05, 4.69) is 20.9 Å². The van der Waals surface area contributed by atoms with Gasteiger partial charge in [-0.25, -0.2) is 4.99 Å². The van der Waals surface area contributed by atoms with Crippen molar-refractivity contribution in [3.8, 4) is 5.75 Å². The number of halogens is 1. The standard InChI is InChI=1S/C17H16BrN3O2/c1-21-15(22)17(20-16(21)19,11-6-5-7-12(18)10-11)13-8-3-4-9-14(13)23-2/h3-10H,1-2H3,(H2,19,20). The van der Waals surface area contributed by atoms with E-state index in [1.807, 2.05) is 48.5 Å². The molecule has 1 amide bonds. The zero-order valence-electron chi connectivity index (χ0n) is 12.8. The Bertz CT molecular complexity index is 806. The third-order valence-corrected chi connectivity index (χ3v) is 4.47. The van der Waals surface area contributed by atoms with Crippen molar-refractivity contribution in [2.75, 3.05) is 14.2 Å². The van der Waals surface area contributed by atoms with Crippen LogP contribution in [0.5, 0.6) is 5.75 Å². The Hall–Kier alpha value is -2.34. The van der Waals surface area contributed by atoms with E-state index in [0.717, 1.165) is 10.0 Å². The number of ether oxygens (including phenoxy) is 1. The molecule has 118 valence electrons. The summed E-state index contributed by atoms with van der Waals surface area (Å²) in [6.07, 6.45) is 0. The predicted octanol–water partition coefficient (Wildman–Crippen LogP) is 2.49. The molecule has 1 aliphatic heterocycles. The van der Waals surface area contributed by atoms with Crippen LogP contribution in [0, 0.1) is 0 Å². The van der Waals surface area contributed by atoms with Crippen LogP contribution in [0.4, 0.5) is 0 Å². The van der Waals surface area contributed by atoms with Crippen molar-refractivity contribution >= 4 is 27.8 Å². The second-order valence-electron chi connectivity index (χ2n) is 5.26. The highest BCUT2D eigenvalue weighted by atomic mass is 79.9. The lowest BCUT2D eigenvalue weighted by atomic mass is 9.82. The van der Waals surface area contributed by atoms with E-state index >= 15 is 0 Å². The molecule has 6 heteroatoms. The summed E-state index contributed by atoms with van der Waals surface area (Å²) in [4.78, 5) is 19.0.